The van der Waals surface area contributed by atoms with Gasteiger partial charge in [-0.25, -0.2) is 4.79 Å². The number of thioether (sulfide) groups is 2. The third kappa shape index (κ3) is 7.55. The molecule has 1 amide bonds. The van der Waals surface area contributed by atoms with Gasteiger partial charge in [0.25, 0.3) is 0 Å². The van der Waals surface area contributed by atoms with Crippen LogP contribution < -0.4 is 16.5 Å². The van der Waals surface area contributed by atoms with E-state index in [9.17, 15) is 4.79 Å². The Labute approximate surface area is 145 Å². The van der Waals surface area contributed by atoms with E-state index < -0.39 is 11.7 Å². The summed E-state index contributed by atoms with van der Waals surface area (Å²) in [7, 11) is 0. The third-order valence-corrected chi connectivity index (χ3v) is 5.59. The summed E-state index contributed by atoms with van der Waals surface area (Å²) < 4.78 is 5.45. The molecule has 1 heterocycles. The van der Waals surface area contributed by atoms with Gasteiger partial charge < -0.3 is 15.8 Å². The summed E-state index contributed by atoms with van der Waals surface area (Å²) >= 11 is 8.41. The number of ether oxygens (including phenoxy) is 1. The second kappa shape index (κ2) is 8.83. The van der Waals surface area contributed by atoms with Crippen LogP contribution in [0.1, 0.15) is 34.1 Å². The van der Waals surface area contributed by atoms with Gasteiger partial charge in [-0.3, -0.25) is 5.43 Å². The summed E-state index contributed by atoms with van der Waals surface area (Å²) in [4.78, 5) is 11.9. The fourth-order valence-electron chi connectivity index (χ4n) is 1.69. The molecular weight excluding hydrogens is 340 g/mol. The van der Waals surface area contributed by atoms with Crippen molar-refractivity contribution in [3.63, 3.8) is 0 Å². The van der Waals surface area contributed by atoms with E-state index in [2.05, 4.69) is 15.8 Å². The molecule has 0 aromatic heterocycles. The maximum atomic E-state index is 11.9. The van der Waals surface area contributed by atoms with Gasteiger partial charge in [0.15, 0.2) is 5.11 Å². The number of amides is 1. The number of hydrazone groups is 1. The molecule has 0 aromatic rings. The highest BCUT2D eigenvalue weighted by Crippen LogP contribution is 2.32. The van der Waals surface area contributed by atoms with E-state index >= 15 is 0 Å². The lowest BCUT2D eigenvalue weighted by molar-refractivity contribution is 0.0521. The van der Waals surface area contributed by atoms with Crippen molar-refractivity contribution in [3.8, 4) is 0 Å². The third-order valence-electron chi connectivity index (χ3n) is 2.54. The highest BCUT2D eigenvalue weighted by molar-refractivity contribution is 8.18. The van der Waals surface area contributed by atoms with Crippen LogP contribution in [0.2, 0.25) is 0 Å². The first kappa shape index (κ1) is 19.4. The molecule has 126 valence electrons. The lowest BCUT2D eigenvalue weighted by Gasteiger charge is -2.27. The van der Waals surface area contributed by atoms with E-state index in [4.69, 9.17) is 22.7 Å². The van der Waals surface area contributed by atoms with E-state index in [1.54, 1.807) is 0 Å². The lowest BCUT2D eigenvalue weighted by Crippen LogP contribution is -2.45. The van der Waals surface area contributed by atoms with Crippen molar-refractivity contribution in [2.45, 2.75) is 50.3 Å². The van der Waals surface area contributed by atoms with E-state index in [1.165, 1.54) is 6.42 Å². The Kier molecular flexibility index (Phi) is 7.78. The molecule has 0 spiro atoms. The molecule has 6 nitrogen and oxygen atoms in total. The number of nitrogens with one attached hydrogen (secondary N) is 2. The van der Waals surface area contributed by atoms with Gasteiger partial charge in [0.05, 0.1) is 16.3 Å². The van der Waals surface area contributed by atoms with Crippen LogP contribution >= 0.6 is 35.7 Å². The number of alkyl carbamates (subject to hydrolysis) is 1. The van der Waals surface area contributed by atoms with Gasteiger partial charge in [0.1, 0.15) is 5.60 Å². The summed E-state index contributed by atoms with van der Waals surface area (Å²) in [6.45, 7) is 7.36. The van der Waals surface area contributed by atoms with Gasteiger partial charge in [-0.05, 0) is 57.8 Å². The maximum absolute atomic E-state index is 11.9. The molecule has 0 radical (unpaired) electrons. The summed E-state index contributed by atoms with van der Waals surface area (Å²) in [5, 5.41) is 7.20. The summed E-state index contributed by atoms with van der Waals surface area (Å²) in [5.74, 6) is 2.14. The van der Waals surface area contributed by atoms with Crippen LogP contribution in [0.15, 0.2) is 5.10 Å². The van der Waals surface area contributed by atoms with Gasteiger partial charge in [-0.1, -0.05) is 0 Å². The zero-order chi connectivity index (χ0) is 16.8. The summed E-state index contributed by atoms with van der Waals surface area (Å²) in [6, 6.07) is -0.278. The highest BCUT2D eigenvalue weighted by Gasteiger charge is 2.27. The first-order valence-corrected chi connectivity index (χ1v) is 9.55. The molecule has 0 saturated carbocycles. The fraction of sp³-hybridized carbons (Fsp3) is 0.769. The lowest BCUT2D eigenvalue weighted by atomic mass is 10.2. The van der Waals surface area contributed by atoms with E-state index in [0.717, 1.165) is 17.2 Å². The van der Waals surface area contributed by atoms with Gasteiger partial charge in [0, 0.05) is 0 Å². The molecule has 1 atom stereocenters. The second-order valence-electron chi connectivity index (χ2n) is 5.81. The first-order valence-electron chi connectivity index (χ1n) is 7.04. The molecule has 1 aliphatic heterocycles. The Morgan fingerprint density at radius 3 is 2.50 bits per heavy atom. The number of hydrogen-bond acceptors (Lipinski definition) is 6. The van der Waals surface area contributed by atoms with E-state index in [-0.39, 0.29) is 15.7 Å². The predicted molar refractivity (Wildman–Crippen MR) is 99.5 cm³/mol. The molecule has 1 rings (SSSR count). The van der Waals surface area contributed by atoms with Crippen molar-refractivity contribution in [1.82, 2.24) is 10.7 Å². The molecule has 1 fully saturated rings. The minimum absolute atomic E-state index is 0.104. The van der Waals surface area contributed by atoms with Gasteiger partial charge in [-0.15, -0.1) is 23.5 Å². The molecule has 0 aliphatic carbocycles. The fourth-order valence-corrected chi connectivity index (χ4v) is 4.79. The average molecular weight is 365 g/mol. The Balaban J connectivity index is 2.74. The zero-order valence-corrected chi connectivity index (χ0v) is 15.8. The largest absolute Gasteiger partial charge is 0.444 e. The standard InChI is InChI=1S/C13H24N4O2S3/c1-8(15-12(18)19-13(2,3)4)9(16-17-11(14)20)10-21-6-5-7-22-10/h8,10H,5-7H2,1-4H3,(H,15,18)(H3,14,17,20)/t8-/m0/s1. The second-order valence-corrected chi connectivity index (χ2v) is 8.97. The Hall–Kier alpha value is -0.670. The van der Waals surface area contributed by atoms with Crippen molar-refractivity contribution < 1.29 is 9.53 Å². The van der Waals surface area contributed by atoms with Crippen LogP contribution in [0, 0.1) is 0 Å². The van der Waals surface area contributed by atoms with E-state index in [1.807, 2.05) is 51.2 Å². The van der Waals surface area contributed by atoms with Crippen LogP contribution in [0.4, 0.5) is 4.79 Å². The van der Waals surface area contributed by atoms with Gasteiger partial charge in [0.2, 0.25) is 0 Å². The number of rotatable bonds is 4. The minimum atomic E-state index is -0.535. The molecule has 1 saturated heterocycles. The molecule has 9 heteroatoms. The smallest absolute Gasteiger partial charge is 0.408 e. The molecule has 4 N–H and O–H groups in total. The summed E-state index contributed by atoms with van der Waals surface area (Å²) in [6.07, 6.45) is 0.712. The van der Waals surface area contributed by atoms with Crippen LogP contribution in [0.25, 0.3) is 0 Å². The predicted octanol–water partition coefficient (Wildman–Crippen LogP) is 2.29. The van der Waals surface area contributed by atoms with Crippen LogP contribution in [0.5, 0.6) is 0 Å². The monoisotopic (exact) mass is 364 g/mol. The number of carbonyl (C=O) groups is 1. The highest BCUT2D eigenvalue weighted by atomic mass is 32.2. The quantitative estimate of drug-likeness (QED) is 0.401. The molecular formula is C13H24N4O2S3. The Bertz CT molecular complexity index is 431. The van der Waals surface area contributed by atoms with Gasteiger partial charge >= 0.3 is 6.09 Å². The minimum Gasteiger partial charge on any atom is -0.444 e. The maximum Gasteiger partial charge on any atom is 0.408 e. The van der Waals surface area contributed by atoms with Crippen LogP contribution in [-0.2, 0) is 4.74 Å². The SMILES string of the molecule is C[C@H](NC(=O)OC(C)(C)C)C(=NNC(N)=S)C1SCCCS1. The first-order chi connectivity index (χ1) is 10.2. The van der Waals surface area contributed by atoms with Crippen LogP contribution in [-0.4, -0.2) is 44.6 Å². The average Bonchev–Trinajstić information content (AvgIpc) is 2.37. The van der Waals surface area contributed by atoms with Crippen molar-refractivity contribution in [1.29, 1.82) is 0 Å². The van der Waals surface area contributed by atoms with Crippen LogP contribution in [0.3, 0.4) is 0 Å². The zero-order valence-electron chi connectivity index (χ0n) is 13.3. The van der Waals surface area contributed by atoms with Crippen molar-refractivity contribution in [2.75, 3.05) is 11.5 Å². The van der Waals surface area contributed by atoms with Gasteiger partial charge in [-0.2, -0.15) is 5.10 Å². The van der Waals surface area contributed by atoms with E-state index in [0.29, 0.717) is 0 Å². The summed E-state index contributed by atoms with van der Waals surface area (Å²) in [5.41, 5.74) is 8.33. The molecule has 1 aliphatic rings. The molecule has 0 unspecified atom stereocenters. The number of carbonyl (C=O) groups excluding carboxylic acids is 1. The van der Waals surface area contributed by atoms with Crippen molar-refractivity contribution in [3.05, 3.63) is 0 Å². The number of nitrogens with zero attached hydrogens (tertiary/aromatic N) is 1. The number of thiocarbonyl (C=S) groups is 1. The van der Waals surface area contributed by atoms with Crippen molar-refractivity contribution >= 4 is 52.7 Å². The number of hydrogen-bond donors (Lipinski definition) is 3. The Morgan fingerprint density at radius 1 is 1.41 bits per heavy atom. The van der Waals surface area contributed by atoms with Crippen molar-refractivity contribution in [2.24, 2.45) is 10.8 Å². The number of nitrogens with two attached hydrogens (primary N) is 1. The molecule has 0 aromatic carbocycles. The normalized spacial score (nSPS) is 18.5. The topological polar surface area (TPSA) is 88.7 Å². The molecule has 22 heavy (non-hydrogen) atoms. The Morgan fingerprint density at radius 2 is 2.00 bits per heavy atom. The molecule has 0 bridgehead atoms.